The monoisotopic (exact) mass is 401 g/mol. The van der Waals surface area contributed by atoms with Gasteiger partial charge in [-0.05, 0) is 29.5 Å². The molecule has 3 rings (SSSR count). The van der Waals surface area contributed by atoms with Gasteiger partial charge in [-0.3, -0.25) is 14.7 Å². The lowest BCUT2D eigenvalue weighted by Crippen LogP contribution is -2.42. The molecule has 0 aliphatic heterocycles. The number of nitrogens with zero attached hydrogens (tertiary/aromatic N) is 3. The minimum atomic E-state index is -0.866. The quantitative estimate of drug-likeness (QED) is 0.617. The highest BCUT2D eigenvalue weighted by atomic mass is 32.2. The molecule has 3 N–H and O–H groups in total. The number of hydrogen-bond acceptors (Lipinski definition) is 6. The molecule has 2 heterocycles. The van der Waals surface area contributed by atoms with Crippen LogP contribution in [0.5, 0.6) is 0 Å². The second-order valence-electron chi connectivity index (χ2n) is 6.09. The summed E-state index contributed by atoms with van der Waals surface area (Å²) in [6, 6.07) is 12.8. The molecule has 0 saturated carbocycles. The molecule has 27 heavy (non-hydrogen) atoms. The number of urea groups is 1. The number of rotatable bonds is 6. The number of primary amides is 1. The second kappa shape index (κ2) is 8.36. The molecule has 0 aliphatic carbocycles. The van der Waals surface area contributed by atoms with Gasteiger partial charge in [0.2, 0.25) is 5.91 Å². The van der Waals surface area contributed by atoms with Crippen molar-refractivity contribution in [1.82, 2.24) is 20.1 Å². The average Bonchev–Trinajstić information content (AvgIpc) is 3.28. The van der Waals surface area contributed by atoms with Crippen LogP contribution in [0, 0.1) is 5.92 Å². The maximum Gasteiger partial charge on any atom is 0.318 e. The summed E-state index contributed by atoms with van der Waals surface area (Å²) in [5, 5.41) is 12.8. The van der Waals surface area contributed by atoms with Gasteiger partial charge in [0, 0.05) is 5.69 Å². The van der Waals surface area contributed by atoms with Gasteiger partial charge in [0.25, 0.3) is 0 Å². The van der Waals surface area contributed by atoms with Gasteiger partial charge in [-0.25, -0.2) is 4.79 Å². The van der Waals surface area contributed by atoms with Crippen LogP contribution < -0.4 is 11.1 Å². The van der Waals surface area contributed by atoms with E-state index in [1.165, 1.54) is 11.8 Å². The Kier molecular flexibility index (Phi) is 5.92. The fourth-order valence-corrected chi connectivity index (χ4v) is 4.27. The van der Waals surface area contributed by atoms with E-state index in [0.717, 1.165) is 10.6 Å². The largest absolute Gasteiger partial charge is 0.351 e. The SMILES string of the molecule is CC(C)[C@@H](Sc1nnc(-c2cccs2)n1-c1ccccc1)C(=O)NC(N)=O. The zero-order valence-corrected chi connectivity index (χ0v) is 16.5. The lowest BCUT2D eigenvalue weighted by Gasteiger charge is -2.19. The summed E-state index contributed by atoms with van der Waals surface area (Å²) in [6.07, 6.45) is 0. The Labute approximate surface area is 165 Å². The third-order valence-electron chi connectivity index (χ3n) is 3.73. The molecule has 1 atom stereocenters. The summed E-state index contributed by atoms with van der Waals surface area (Å²) in [4.78, 5) is 24.5. The first-order valence-corrected chi connectivity index (χ1v) is 10.0. The van der Waals surface area contributed by atoms with Gasteiger partial charge in [-0.15, -0.1) is 21.5 Å². The van der Waals surface area contributed by atoms with Crippen LogP contribution in [0.2, 0.25) is 0 Å². The maximum absolute atomic E-state index is 12.4. The van der Waals surface area contributed by atoms with Crippen molar-refractivity contribution >= 4 is 35.0 Å². The molecule has 0 radical (unpaired) electrons. The van der Waals surface area contributed by atoms with Crippen molar-refractivity contribution in [2.45, 2.75) is 24.3 Å². The average molecular weight is 402 g/mol. The fraction of sp³-hybridized carbons (Fsp3) is 0.222. The molecule has 2 aromatic heterocycles. The van der Waals surface area contributed by atoms with E-state index in [4.69, 9.17) is 5.73 Å². The third-order valence-corrected chi connectivity index (χ3v) is 6.09. The standard InChI is InChI=1S/C18H19N5O2S2/c1-11(2)14(16(24)20-17(19)25)27-18-22-21-15(13-9-6-10-26-13)23(18)12-7-4-3-5-8-12/h3-11,14H,1-2H3,(H3,19,20,24,25)/t14-/m1/s1. The van der Waals surface area contributed by atoms with Gasteiger partial charge in [-0.2, -0.15) is 0 Å². The topological polar surface area (TPSA) is 103 Å². The Bertz CT molecular complexity index is 923. The number of thioether (sulfide) groups is 1. The van der Waals surface area contributed by atoms with E-state index in [9.17, 15) is 9.59 Å². The Morgan fingerprint density at radius 3 is 2.48 bits per heavy atom. The van der Waals surface area contributed by atoms with E-state index in [1.54, 1.807) is 11.3 Å². The van der Waals surface area contributed by atoms with Gasteiger partial charge in [-0.1, -0.05) is 49.9 Å². The van der Waals surface area contributed by atoms with Gasteiger partial charge >= 0.3 is 6.03 Å². The maximum atomic E-state index is 12.4. The highest BCUT2D eigenvalue weighted by molar-refractivity contribution is 8.00. The molecule has 0 aliphatic rings. The minimum absolute atomic E-state index is 0.0412. The Balaban J connectivity index is 2.02. The number of para-hydroxylation sites is 1. The highest BCUT2D eigenvalue weighted by Gasteiger charge is 2.28. The molecule has 140 valence electrons. The lowest BCUT2D eigenvalue weighted by molar-refractivity contribution is -0.120. The molecule has 9 heteroatoms. The number of amides is 3. The van der Waals surface area contributed by atoms with E-state index >= 15 is 0 Å². The van der Waals surface area contributed by atoms with Gasteiger partial charge in [0.1, 0.15) is 0 Å². The van der Waals surface area contributed by atoms with E-state index in [0.29, 0.717) is 11.0 Å². The predicted molar refractivity (Wildman–Crippen MR) is 107 cm³/mol. The molecule has 3 amide bonds. The molecule has 0 bridgehead atoms. The summed E-state index contributed by atoms with van der Waals surface area (Å²) in [5.41, 5.74) is 6.00. The number of thiophene rings is 1. The first-order chi connectivity index (χ1) is 13.0. The van der Waals surface area contributed by atoms with Gasteiger partial charge < -0.3 is 5.73 Å². The number of hydrogen-bond donors (Lipinski definition) is 2. The van der Waals surface area contributed by atoms with Crippen molar-refractivity contribution in [2.75, 3.05) is 0 Å². The summed E-state index contributed by atoms with van der Waals surface area (Å²) < 4.78 is 1.92. The summed E-state index contributed by atoms with van der Waals surface area (Å²) in [7, 11) is 0. The van der Waals surface area contributed by atoms with Gasteiger partial charge in [0.15, 0.2) is 11.0 Å². The lowest BCUT2D eigenvalue weighted by atomic mass is 10.1. The van der Waals surface area contributed by atoms with E-state index in [-0.39, 0.29) is 5.92 Å². The van der Waals surface area contributed by atoms with E-state index in [1.807, 2.05) is 66.3 Å². The number of carbonyl (C=O) groups is 2. The van der Waals surface area contributed by atoms with Crippen molar-refractivity contribution < 1.29 is 9.59 Å². The van der Waals surface area contributed by atoms with Crippen LogP contribution >= 0.6 is 23.1 Å². The number of benzene rings is 1. The fourth-order valence-electron chi connectivity index (χ4n) is 2.52. The molecule has 0 unspecified atom stereocenters. The van der Waals surface area contributed by atoms with Crippen LogP contribution in [0.3, 0.4) is 0 Å². The number of nitrogens with two attached hydrogens (primary N) is 1. The van der Waals surface area contributed by atoms with Crippen molar-refractivity contribution in [3.05, 3.63) is 47.8 Å². The van der Waals surface area contributed by atoms with Gasteiger partial charge in [0.05, 0.1) is 10.1 Å². The predicted octanol–water partition coefficient (Wildman–Crippen LogP) is 3.31. The summed E-state index contributed by atoms with van der Waals surface area (Å²) in [5.74, 6) is 0.222. The van der Waals surface area contributed by atoms with Crippen LogP contribution in [-0.2, 0) is 4.79 Å². The molecule has 0 spiro atoms. The Morgan fingerprint density at radius 2 is 1.89 bits per heavy atom. The van der Waals surface area contributed by atoms with Crippen molar-refractivity contribution in [2.24, 2.45) is 11.7 Å². The third kappa shape index (κ3) is 4.37. The summed E-state index contributed by atoms with van der Waals surface area (Å²) >= 11 is 2.83. The molecule has 7 nitrogen and oxygen atoms in total. The van der Waals surface area contributed by atoms with Crippen molar-refractivity contribution in [3.8, 4) is 16.4 Å². The van der Waals surface area contributed by atoms with Crippen LogP contribution in [-0.4, -0.2) is 32.0 Å². The number of aromatic nitrogens is 3. The van der Waals surface area contributed by atoms with E-state index in [2.05, 4.69) is 15.5 Å². The molecule has 0 saturated heterocycles. The highest BCUT2D eigenvalue weighted by Crippen LogP contribution is 2.33. The summed E-state index contributed by atoms with van der Waals surface area (Å²) in [6.45, 7) is 3.81. The molecular formula is C18H19N5O2S2. The first-order valence-electron chi connectivity index (χ1n) is 8.29. The van der Waals surface area contributed by atoms with Crippen LogP contribution in [0.1, 0.15) is 13.8 Å². The van der Waals surface area contributed by atoms with Crippen LogP contribution in [0.15, 0.2) is 53.0 Å². The van der Waals surface area contributed by atoms with E-state index < -0.39 is 17.2 Å². The Hall–Kier alpha value is -2.65. The smallest absolute Gasteiger partial charge is 0.318 e. The first kappa shape index (κ1) is 19.1. The van der Waals surface area contributed by atoms with Crippen LogP contribution in [0.4, 0.5) is 4.79 Å². The Morgan fingerprint density at radius 1 is 1.15 bits per heavy atom. The van der Waals surface area contributed by atoms with Crippen LogP contribution in [0.25, 0.3) is 16.4 Å². The number of carbonyl (C=O) groups excluding carboxylic acids is 2. The molecule has 3 aromatic rings. The van der Waals surface area contributed by atoms with Crippen molar-refractivity contribution in [1.29, 1.82) is 0 Å². The zero-order valence-electron chi connectivity index (χ0n) is 14.8. The molecular weight excluding hydrogens is 382 g/mol. The number of imide groups is 1. The molecule has 1 aromatic carbocycles. The number of nitrogens with one attached hydrogen (secondary N) is 1. The minimum Gasteiger partial charge on any atom is -0.351 e. The normalized spacial score (nSPS) is 12.1. The zero-order chi connectivity index (χ0) is 19.4. The van der Waals surface area contributed by atoms with Crippen molar-refractivity contribution in [3.63, 3.8) is 0 Å². The molecule has 0 fully saturated rings. The second-order valence-corrected chi connectivity index (χ2v) is 8.15.